The van der Waals surface area contributed by atoms with Gasteiger partial charge in [0.15, 0.2) is 0 Å². The van der Waals surface area contributed by atoms with Gasteiger partial charge in [0, 0.05) is 10.6 Å². The molecule has 0 atom stereocenters. The lowest BCUT2D eigenvalue weighted by atomic mass is 10.2. The highest BCUT2D eigenvalue weighted by Crippen LogP contribution is 2.22. The first-order chi connectivity index (χ1) is 16.7. The number of para-hydroxylation sites is 1. The largest absolute Gasteiger partial charge is 0.489 e. The van der Waals surface area contributed by atoms with Crippen LogP contribution in [0.25, 0.3) is 0 Å². The molecule has 0 saturated heterocycles. The third kappa shape index (κ3) is 6.47. The minimum Gasteiger partial charge on any atom is -0.489 e. The van der Waals surface area contributed by atoms with Crippen molar-refractivity contribution in [2.45, 2.75) is 13.2 Å². The maximum absolute atomic E-state index is 12.7. The van der Waals surface area contributed by atoms with Gasteiger partial charge in [0.25, 0.3) is 5.91 Å². The third-order valence-electron chi connectivity index (χ3n) is 4.98. The molecule has 5 nitrogen and oxygen atoms in total. The average molecular weight is 471 g/mol. The van der Waals surface area contributed by atoms with E-state index in [-0.39, 0.29) is 12.5 Å². The van der Waals surface area contributed by atoms with E-state index < -0.39 is 0 Å². The lowest BCUT2D eigenvalue weighted by Crippen LogP contribution is -2.18. The second kappa shape index (κ2) is 11.7. The maximum atomic E-state index is 12.7. The molecule has 4 aromatic rings. The summed E-state index contributed by atoms with van der Waals surface area (Å²) in [6.45, 7) is 0.758. The summed E-state index contributed by atoms with van der Waals surface area (Å²) in [5, 5.41) is 4.69. The van der Waals surface area contributed by atoms with Crippen molar-refractivity contribution in [2.75, 3.05) is 0 Å². The summed E-state index contributed by atoms with van der Waals surface area (Å²) in [4.78, 5) is 12.7. The van der Waals surface area contributed by atoms with Gasteiger partial charge < -0.3 is 9.47 Å². The minimum absolute atomic E-state index is 0.256. The quantitative estimate of drug-likeness (QED) is 0.232. The number of carbonyl (C=O) groups is 1. The number of carbonyl (C=O) groups excluding carboxylic acids is 1. The van der Waals surface area contributed by atoms with Crippen molar-refractivity contribution in [2.24, 2.45) is 5.10 Å². The van der Waals surface area contributed by atoms with Gasteiger partial charge in [-0.25, -0.2) is 5.43 Å². The number of rotatable bonds is 9. The first kappa shape index (κ1) is 23.1. The summed E-state index contributed by atoms with van der Waals surface area (Å²) in [5.74, 6) is 0.846. The number of hydrogen-bond acceptors (Lipinski definition) is 4. The summed E-state index contributed by atoms with van der Waals surface area (Å²) in [6.07, 6.45) is 1.58. The molecule has 1 amide bonds. The summed E-state index contributed by atoms with van der Waals surface area (Å²) >= 11 is 6.19. The van der Waals surface area contributed by atoms with Gasteiger partial charge in [0.1, 0.15) is 24.7 Å². The van der Waals surface area contributed by atoms with Crippen LogP contribution in [-0.2, 0) is 13.2 Å². The SMILES string of the molecule is O=C(N/N=C/c1ccc(OCc2ccccc2)cc1)c1ccccc1OCc1ccccc1Cl. The molecule has 0 aliphatic rings. The van der Waals surface area contributed by atoms with Crippen molar-refractivity contribution in [3.8, 4) is 11.5 Å². The highest BCUT2D eigenvalue weighted by atomic mass is 35.5. The van der Waals surface area contributed by atoms with Gasteiger partial charge in [-0.2, -0.15) is 5.10 Å². The molecule has 0 fully saturated rings. The molecular formula is C28H23ClN2O3. The molecular weight excluding hydrogens is 448 g/mol. The summed E-state index contributed by atoms with van der Waals surface area (Å²) in [6, 6.07) is 31.9. The number of benzene rings is 4. The molecule has 6 heteroatoms. The van der Waals surface area contributed by atoms with E-state index in [0.717, 1.165) is 22.4 Å². The van der Waals surface area contributed by atoms with Crippen LogP contribution in [0.3, 0.4) is 0 Å². The van der Waals surface area contributed by atoms with Crippen LogP contribution in [0, 0.1) is 0 Å². The van der Waals surface area contributed by atoms with Crippen LogP contribution in [0.4, 0.5) is 0 Å². The van der Waals surface area contributed by atoms with Crippen molar-refractivity contribution >= 4 is 23.7 Å². The number of hydrogen-bond donors (Lipinski definition) is 1. The van der Waals surface area contributed by atoms with Crippen LogP contribution in [0.2, 0.25) is 5.02 Å². The average Bonchev–Trinajstić information content (AvgIpc) is 2.88. The Kier molecular flexibility index (Phi) is 7.93. The molecule has 0 bridgehead atoms. The van der Waals surface area contributed by atoms with Gasteiger partial charge in [-0.1, -0.05) is 72.3 Å². The van der Waals surface area contributed by atoms with Gasteiger partial charge in [-0.3, -0.25) is 4.79 Å². The van der Waals surface area contributed by atoms with Gasteiger partial charge in [0.2, 0.25) is 0 Å². The normalized spacial score (nSPS) is 10.7. The number of halogens is 1. The fourth-order valence-corrected chi connectivity index (χ4v) is 3.36. The molecule has 34 heavy (non-hydrogen) atoms. The van der Waals surface area contributed by atoms with Crippen molar-refractivity contribution in [1.29, 1.82) is 0 Å². The van der Waals surface area contributed by atoms with Crippen molar-refractivity contribution < 1.29 is 14.3 Å². The van der Waals surface area contributed by atoms with Crippen LogP contribution in [0.5, 0.6) is 11.5 Å². The Hall–Kier alpha value is -4.09. The van der Waals surface area contributed by atoms with Crippen molar-refractivity contribution in [1.82, 2.24) is 5.43 Å². The molecule has 0 aliphatic heterocycles. The number of nitrogens with one attached hydrogen (secondary N) is 1. The van der Waals surface area contributed by atoms with E-state index in [1.165, 1.54) is 0 Å². The molecule has 0 saturated carbocycles. The Morgan fingerprint density at radius 1 is 0.794 bits per heavy atom. The van der Waals surface area contributed by atoms with Gasteiger partial charge in [-0.05, 0) is 53.6 Å². The number of hydrazone groups is 1. The Morgan fingerprint density at radius 3 is 2.29 bits per heavy atom. The first-order valence-electron chi connectivity index (χ1n) is 10.7. The molecule has 0 unspecified atom stereocenters. The van der Waals surface area contributed by atoms with E-state index in [9.17, 15) is 4.79 Å². The summed E-state index contributed by atoms with van der Waals surface area (Å²) in [7, 11) is 0. The van der Waals surface area contributed by atoms with E-state index in [0.29, 0.717) is 22.9 Å². The standard InChI is InChI=1S/C28H23ClN2O3/c29-26-12-6-4-10-23(26)20-34-27-13-7-5-11-25(27)28(32)31-30-18-21-14-16-24(17-15-21)33-19-22-8-2-1-3-9-22/h1-18H,19-20H2,(H,31,32)/b30-18+. The smallest absolute Gasteiger partial charge is 0.275 e. The highest BCUT2D eigenvalue weighted by molar-refractivity contribution is 6.31. The molecule has 4 aromatic carbocycles. The van der Waals surface area contributed by atoms with E-state index >= 15 is 0 Å². The lowest BCUT2D eigenvalue weighted by Gasteiger charge is -2.11. The fourth-order valence-electron chi connectivity index (χ4n) is 3.17. The maximum Gasteiger partial charge on any atom is 0.275 e. The molecule has 4 rings (SSSR count). The third-order valence-corrected chi connectivity index (χ3v) is 5.35. The number of nitrogens with zero attached hydrogens (tertiary/aromatic N) is 1. The molecule has 1 N–H and O–H groups in total. The minimum atomic E-state index is -0.367. The van der Waals surface area contributed by atoms with Gasteiger partial charge in [0.05, 0.1) is 11.8 Å². The molecule has 0 heterocycles. The number of ether oxygens (including phenoxy) is 2. The van der Waals surface area contributed by atoms with E-state index in [1.807, 2.05) is 78.9 Å². The van der Waals surface area contributed by atoms with Gasteiger partial charge >= 0.3 is 0 Å². The fraction of sp³-hybridized carbons (Fsp3) is 0.0714. The van der Waals surface area contributed by atoms with E-state index in [4.69, 9.17) is 21.1 Å². The lowest BCUT2D eigenvalue weighted by molar-refractivity contribution is 0.0950. The highest BCUT2D eigenvalue weighted by Gasteiger charge is 2.12. The molecule has 0 radical (unpaired) electrons. The first-order valence-corrected chi connectivity index (χ1v) is 11.1. The van der Waals surface area contributed by atoms with Crippen LogP contribution >= 0.6 is 11.6 Å². The Labute approximate surface area is 203 Å². The Balaban J connectivity index is 1.32. The molecule has 170 valence electrons. The Bertz CT molecular complexity index is 1260. The molecule has 0 aliphatic carbocycles. The predicted octanol–water partition coefficient (Wildman–Crippen LogP) is 6.26. The number of amides is 1. The van der Waals surface area contributed by atoms with Gasteiger partial charge in [-0.15, -0.1) is 0 Å². The molecule has 0 aromatic heterocycles. The van der Waals surface area contributed by atoms with Crippen molar-refractivity contribution in [3.63, 3.8) is 0 Å². The predicted molar refractivity (Wildman–Crippen MR) is 135 cm³/mol. The summed E-state index contributed by atoms with van der Waals surface area (Å²) < 4.78 is 11.6. The van der Waals surface area contributed by atoms with E-state index in [2.05, 4.69) is 10.5 Å². The second-order valence-electron chi connectivity index (χ2n) is 7.42. The van der Waals surface area contributed by atoms with Crippen LogP contribution in [0.15, 0.2) is 108 Å². The topological polar surface area (TPSA) is 59.9 Å². The monoisotopic (exact) mass is 470 g/mol. The zero-order valence-electron chi connectivity index (χ0n) is 18.4. The van der Waals surface area contributed by atoms with Crippen molar-refractivity contribution in [3.05, 3.63) is 130 Å². The zero-order chi connectivity index (χ0) is 23.6. The van der Waals surface area contributed by atoms with Crippen LogP contribution in [-0.4, -0.2) is 12.1 Å². The van der Waals surface area contributed by atoms with Crippen LogP contribution in [0.1, 0.15) is 27.0 Å². The van der Waals surface area contributed by atoms with E-state index in [1.54, 1.807) is 30.5 Å². The van der Waals surface area contributed by atoms with Crippen LogP contribution < -0.4 is 14.9 Å². The molecule has 0 spiro atoms. The second-order valence-corrected chi connectivity index (χ2v) is 7.83. The Morgan fingerprint density at radius 2 is 1.50 bits per heavy atom. The summed E-state index contributed by atoms with van der Waals surface area (Å²) in [5.41, 5.74) is 5.71. The zero-order valence-corrected chi connectivity index (χ0v) is 19.1.